The van der Waals surface area contributed by atoms with Crippen molar-refractivity contribution < 1.29 is 18.7 Å². The summed E-state index contributed by atoms with van der Waals surface area (Å²) in [4.78, 5) is 25.6. The fourth-order valence-corrected chi connectivity index (χ4v) is 2.49. The van der Waals surface area contributed by atoms with E-state index >= 15 is 0 Å². The van der Waals surface area contributed by atoms with E-state index in [1.54, 1.807) is 18.2 Å². The number of benzene rings is 1. The molecule has 0 aromatic heterocycles. The second kappa shape index (κ2) is 10.00. The molecule has 7 heteroatoms. The average molecular weight is 337 g/mol. The van der Waals surface area contributed by atoms with Crippen LogP contribution in [0.3, 0.4) is 0 Å². The molecule has 1 aromatic carbocycles. The second-order valence-corrected chi connectivity index (χ2v) is 5.67. The SMILES string of the molecule is O=C(CC(=O)NCCN1CCOCC1)NCCc1ccccc1F. The van der Waals surface area contributed by atoms with Crippen molar-refractivity contribution in [3.05, 3.63) is 35.6 Å². The van der Waals surface area contributed by atoms with Gasteiger partial charge in [0.15, 0.2) is 0 Å². The summed E-state index contributed by atoms with van der Waals surface area (Å²) in [7, 11) is 0. The summed E-state index contributed by atoms with van der Waals surface area (Å²) in [5, 5.41) is 5.37. The number of amides is 2. The van der Waals surface area contributed by atoms with Crippen LogP contribution in [0.1, 0.15) is 12.0 Å². The summed E-state index contributed by atoms with van der Waals surface area (Å²) < 4.78 is 18.7. The van der Waals surface area contributed by atoms with Gasteiger partial charge in [0.1, 0.15) is 12.2 Å². The number of hydrogen-bond acceptors (Lipinski definition) is 4. The van der Waals surface area contributed by atoms with Crippen molar-refractivity contribution in [1.82, 2.24) is 15.5 Å². The Hall–Kier alpha value is -1.99. The highest BCUT2D eigenvalue weighted by molar-refractivity contribution is 5.96. The molecule has 2 rings (SSSR count). The Morgan fingerprint density at radius 2 is 1.75 bits per heavy atom. The fourth-order valence-electron chi connectivity index (χ4n) is 2.49. The number of ether oxygens (including phenoxy) is 1. The van der Waals surface area contributed by atoms with Gasteiger partial charge in [-0.05, 0) is 18.1 Å². The lowest BCUT2D eigenvalue weighted by atomic mass is 10.1. The van der Waals surface area contributed by atoms with Gasteiger partial charge in [0.25, 0.3) is 0 Å². The van der Waals surface area contributed by atoms with Gasteiger partial charge in [-0.3, -0.25) is 14.5 Å². The Labute approximate surface area is 141 Å². The van der Waals surface area contributed by atoms with Crippen LogP contribution < -0.4 is 10.6 Å². The third-order valence-corrected chi connectivity index (χ3v) is 3.85. The Bertz CT molecular complexity index is 548. The van der Waals surface area contributed by atoms with E-state index in [0.29, 0.717) is 25.1 Å². The van der Waals surface area contributed by atoms with Gasteiger partial charge in [-0.2, -0.15) is 0 Å². The number of hydrogen-bond donors (Lipinski definition) is 2. The molecule has 24 heavy (non-hydrogen) atoms. The van der Waals surface area contributed by atoms with Crippen molar-refractivity contribution in [2.24, 2.45) is 0 Å². The standard InChI is InChI=1S/C17H24FN3O3/c18-15-4-2-1-3-14(15)5-6-19-16(22)13-17(23)20-7-8-21-9-11-24-12-10-21/h1-4H,5-13H2,(H,19,22)(H,20,23). The normalized spacial score (nSPS) is 15.0. The maximum atomic E-state index is 13.4. The van der Waals surface area contributed by atoms with E-state index in [2.05, 4.69) is 15.5 Å². The Kier molecular flexibility index (Phi) is 7.64. The lowest BCUT2D eigenvalue weighted by molar-refractivity contribution is -0.129. The molecule has 1 saturated heterocycles. The molecule has 1 fully saturated rings. The lowest BCUT2D eigenvalue weighted by Gasteiger charge is -2.26. The molecule has 0 spiro atoms. The molecule has 2 amide bonds. The first-order chi connectivity index (χ1) is 11.6. The van der Waals surface area contributed by atoms with Crippen LogP contribution >= 0.6 is 0 Å². The quantitative estimate of drug-likeness (QED) is 0.671. The van der Waals surface area contributed by atoms with Crippen LogP contribution in [0.5, 0.6) is 0 Å². The Balaban J connectivity index is 1.56. The molecule has 2 N–H and O–H groups in total. The molecule has 0 unspecified atom stereocenters. The molecule has 1 heterocycles. The van der Waals surface area contributed by atoms with Crippen LogP contribution in [-0.4, -0.2) is 62.7 Å². The predicted octanol–water partition coefficient (Wildman–Crippen LogP) is 0.323. The van der Waals surface area contributed by atoms with Gasteiger partial charge < -0.3 is 15.4 Å². The zero-order valence-corrected chi connectivity index (χ0v) is 13.7. The van der Waals surface area contributed by atoms with Crippen molar-refractivity contribution in [2.75, 3.05) is 45.9 Å². The number of carbonyl (C=O) groups excluding carboxylic acids is 2. The first-order valence-electron chi connectivity index (χ1n) is 8.22. The van der Waals surface area contributed by atoms with Crippen LogP contribution in [0.2, 0.25) is 0 Å². The van der Waals surface area contributed by atoms with Gasteiger partial charge in [-0.15, -0.1) is 0 Å². The number of halogens is 1. The monoisotopic (exact) mass is 337 g/mol. The van der Waals surface area contributed by atoms with Gasteiger partial charge in [0.05, 0.1) is 13.2 Å². The van der Waals surface area contributed by atoms with E-state index in [-0.39, 0.29) is 24.1 Å². The summed E-state index contributed by atoms with van der Waals surface area (Å²) in [6.07, 6.45) is 0.192. The number of nitrogens with zero attached hydrogens (tertiary/aromatic N) is 1. The van der Waals surface area contributed by atoms with E-state index in [1.165, 1.54) is 6.07 Å². The molecular weight excluding hydrogens is 313 g/mol. The fraction of sp³-hybridized carbons (Fsp3) is 0.529. The van der Waals surface area contributed by atoms with Gasteiger partial charge in [0.2, 0.25) is 11.8 Å². The highest BCUT2D eigenvalue weighted by atomic mass is 19.1. The summed E-state index contributed by atoms with van der Waals surface area (Å²) in [6.45, 7) is 4.75. The van der Waals surface area contributed by atoms with Gasteiger partial charge in [-0.25, -0.2) is 4.39 Å². The van der Waals surface area contributed by atoms with Crippen LogP contribution in [0.4, 0.5) is 4.39 Å². The molecule has 1 aromatic rings. The molecule has 132 valence electrons. The highest BCUT2D eigenvalue weighted by Crippen LogP contribution is 2.06. The largest absolute Gasteiger partial charge is 0.379 e. The zero-order chi connectivity index (χ0) is 17.2. The maximum absolute atomic E-state index is 13.4. The van der Waals surface area contributed by atoms with Crippen LogP contribution in [0.25, 0.3) is 0 Å². The Morgan fingerprint density at radius 1 is 1.08 bits per heavy atom. The minimum Gasteiger partial charge on any atom is -0.379 e. The number of carbonyl (C=O) groups is 2. The van der Waals surface area contributed by atoms with Gasteiger partial charge >= 0.3 is 0 Å². The zero-order valence-electron chi connectivity index (χ0n) is 13.7. The third-order valence-electron chi connectivity index (χ3n) is 3.85. The number of rotatable bonds is 8. The smallest absolute Gasteiger partial charge is 0.229 e. The molecule has 6 nitrogen and oxygen atoms in total. The van der Waals surface area contributed by atoms with E-state index in [9.17, 15) is 14.0 Å². The van der Waals surface area contributed by atoms with Gasteiger partial charge in [-0.1, -0.05) is 18.2 Å². The van der Waals surface area contributed by atoms with Gasteiger partial charge in [0, 0.05) is 32.7 Å². The van der Waals surface area contributed by atoms with Crippen molar-refractivity contribution in [3.63, 3.8) is 0 Å². The van der Waals surface area contributed by atoms with E-state index in [1.807, 2.05) is 0 Å². The molecule has 0 radical (unpaired) electrons. The third kappa shape index (κ3) is 6.64. The molecule has 1 aliphatic heterocycles. The van der Waals surface area contributed by atoms with Crippen LogP contribution in [0, 0.1) is 5.82 Å². The highest BCUT2D eigenvalue weighted by Gasteiger charge is 2.12. The first-order valence-corrected chi connectivity index (χ1v) is 8.22. The summed E-state index contributed by atoms with van der Waals surface area (Å²) in [5.74, 6) is -0.936. The molecular formula is C17H24FN3O3. The van der Waals surface area contributed by atoms with E-state index in [4.69, 9.17) is 4.74 Å². The predicted molar refractivity (Wildman–Crippen MR) is 88.0 cm³/mol. The summed E-state index contributed by atoms with van der Waals surface area (Å²) in [5.41, 5.74) is 0.549. The Morgan fingerprint density at radius 3 is 2.46 bits per heavy atom. The van der Waals surface area contributed by atoms with Crippen molar-refractivity contribution in [3.8, 4) is 0 Å². The summed E-state index contributed by atoms with van der Waals surface area (Å²) in [6, 6.07) is 6.44. The van der Waals surface area contributed by atoms with Crippen molar-refractivity contribution >= 4 is 11.8 Å². The topological polar surface area (TPSA) is 70.7 Å². The molecule has 0 aliphatic carbocycles. The maximum Gasteiger partial charge on any atom is 0.229 e. The van der Waals surface area contributed by atoms with Crippen molar-refractivity contribution in [2.45, 2.75) is 12.8 Å². The molecule has 0 saturated carbocycles. The molecule has 0 atom stereocenters. The second-order valence-electron chi connectivity index (χ2n) is 5.67. The number of morpholine rings is 1. The first kappa shape index (κ1) is 18.4. The van der Waals surface area contributed by atoms with E-state index < -0.39 is 0 Å². The lowest BCUT2D eigenvalue weighted by Crippen LogP contribution is -2.42. The number of nitrogens with one attached hydrogen (secondary N) is 2. The minimum atomic E-state index is -0.352. The van der Waals surface area contributed by atoms with E-state index in [0.717, 1.165) is 32.8 Å². The minimum absolute atomic E-state index is 0.208. The van der Waals surface area contributed by atoms with Crippen molar-refractivity contribution in [1.29, 1.82) is 0 Å². The molecule has 1 aliphatic rings. The van der Waals surface area contributed by atoms with Crippen LogP contribution in [-0.2, 0) is 20.7 Å². The average Bonchev–Trinajstić information content (AvgIpc) is 2.57. The molecule has 0 bridgehead atoms. The van der Waals surface area contributed by atoms with Crippen LogP contribution in [0.15, 0.2) is 24.3 Å². The summed E-state index contributed by atoms with van der Waals surface area (Å²) >= 11 is 0.